The Kier molecular flexibility index (Phi) is 4.43. The van der Waals surface area contributed by atoms with E-state index in [-0.39, 0.29) is 11.9 Å². The molecule has 1 unspecified atom stereocenters. The molecule has 0 aromatic heterocycles. The standard InChI is InChI=1S/C15H22N2O2/c1-10-3-6-14(13(9-10)11(2)16)19-8-7-15(18)17-12-4-5-12/h3,6,9,11-12H,4-5,7-8,16H2,1-2H3,(H,17,18). The quantitative estimate of drug-likeness (QED) is 0.824. The number of nitrogens with two attached hydrogens (primary N) is 1. The van der Waals surface area contributed by atoms with Crippen LogP contribution in [-0.2, 0) is 4.79 Å². The molecule has 1 aromatic carbocycles. The minimum absolute atomic E-state index is 0.0666. The van der Waals surface area contributed by atoms with E-state index in [1.165, 1.54) is 0 Å². The van der Waals surface area contributed by atoms with E-state index in [9.17, 15) is 4.79 Å². The lowest BCUT2D eigenvalue weighted by atomic mass is 10.1. The molecule has 0 saturated heterocycles. The van der Waals surface area contributed by atoms with Gasteiger partial charge in [0, 0.05) is 17.6 Å². The average Bonchev–Trinajstić information content (AvgIpc) is 3.14. The van der Waals surface area contributed by atoms with Crippen LogP contribution in [0.3, 0.4) is 0 Å². The van der Waals surface area contributed by atoms with Crippen LogP contribution in [0.25, 0.3) is 0 Å². The molecule has 0 radical (unpaired) electrons. The molecule has 4 nitrogen and oxygen atoms in total. The van der Waals surface area contributed by atoms with Crippen molar-refractivity contribution < 1.29 is 9.53 Å². The zero-order valence-corrected chi connectivity index (χ0v) is 11.6. The van der Waals surface area contributed by atoms with Crippen LogP contribution in [0.5, 0.6) is 5.75 Å². The number of hydrogen-bond donors (Lipinski definition) is 2. The molecule has 3 N–H and O–H groups in total. The average molecular weight is 262 g/mol. The summed E-state index contributed by atoms with van der Waals surface area (Å²) < 4.78 is 5.69. The zero-order valence-electron chi connectivity index (χ0n) is 11.6. The van der Waals surface area contributed by atoms with Crippen molar-refractivity contribution in [3.05, 3.63) is 29.3 Å². The van der Waals surface area contributed by atoms with Gasteiger partial charge in [-0.2, -0.15) is 0 Å². The summed E-state index contributed by atoms with van der Waals surface area (Å²) in [4.78, 5) is 11.5. The number of aryl methyl sites for hydroxylation is 1. The van der Waals surface area contributed by atoms with Gasteiger partial charge in [-0.05, 0) is 32.8 Å². The first kappa shape index (κ1) is 13.9. The molecule has 2 rings (SSSR count). The lowest BCUT2D eigenvalue weighted by molar-refractivity contribution is -0.121. The number of hydrogen-bond acceptors (Lipinski definition) is 3. The fraction of sp³-hybridized carbons (Fsp3) is 0.533. The summed E-state index contributed by atoms with van der Waals surface area (Å²) in [6, 6.07) is 6.28. The van der Waals surface area contributed by atoms with E-state index >= 15 is 0 Å². The number of benzene rings is 1. The molecule has 1 amide bonds. The second-order valence-corrected chi connectivity index (χ2v) is 5.27. The summed E-state index contributed by atoms with van der Waals surface area (Å²) >= 11 is 0. The Morgan fingerprint density at radius 2 is 2.26 bits per heavy atom. The van der Waals surface area contributed by atoms with Gasteiger partial charge in [-0.25, -0.2) is 0 Å². The Labute approximate surface area is 114 Å². The summed E-state index contributed by atoms with van der Waals surface area (Å²) in [6.45, 7) is 4.35. The van der Waals surface area contributed by atoms with E-state index < -0.39 is 0 Å². The van der Waals surface area contributed by atoms with Gasteiger partial charge < -0.3 is 15.8 Å². The van der Waals surface area contributed by atoms with Gasteiger partial charge in [0.25, 0.3) is 0 Å². The highest BCUT2D eigenvalue weighted by atomic mass is 16.5. The van der Waals surface area contributed by atoms with E-state index in [4.69, 9.17) is 10.5 Å². The number of carbonyl (C=O) groups is 1. The van der Waals surface area contributed by atoms with Gasteiger partial charge in [0.15, 0.2) is 0 Å². The van der Waals surface area contributed by atoms with E-state index in [2.05, 4.69) is 5.32 Å². The van der Waals surface area contributed by atoms with Crippen LogP contribution < -0.4 is 15.8 Å². The normalized spacial score (nSPS) is 15.9. The lowest BCUT2D eigenvalue weighted by Crippen LogP contribution is -2.26. The van der Waals surface area contributed by atoms with Gasteiger partial charge in [0.05, 0.1) is 13.0 Å². The third-order valence-corrected chi connectivity index (χ3v) is 3.19. The van der Waals surface area contributed by atoms with Gasteiger partial charge in [-0.1, -0.05) is 17.7 Å². The third kappa shape index (κ3) is 4.24. The van der Waals surface area contributed by atoms with Gasteiger partial charge in [0.1, 0.15) is 5.75 Å². The fourth-order valence-electron chi connectivity index (χ4n) is 1.94. The summed E-state index contributed by atoms with van der Waals surface area (Å²) in [6.07, 6.45) is 2.61. The van der Waals surface area contributed by atoms with Crippen LogP contribution in [0.1, 0.15) is 43.4 Å². The van der Waals surface area contributed by atoms with Crippen LogP contribution in [-0.4, -0.2) is 18.6 Å². The molecule has 4 heteroatoms. The Balaban J connectivity index is 1.86. The highest BCUT2D eigenvalue weighted by Crippen LogP contribution is 2.25. The van der Waals surface area contributed by atoms with Crippen molar-refractivity contribution in [2.45, 2.75) is 45.2 Å². The molecule has 0 spiro atoms. The van der Waals surface area contributed by atoms with E-state index in [0.29, 0.717) is 19.1 Å². The minimum Gasteiger partial charge on any atom is -0.493 e. The molecule has 0 bridgehead atoms. The topological polar surface area (TPSA) is 64.3 Å². The molecular weight excluding hydrogens is 240 g/mol. The number of carbonyl (C=O) groups excluding carboxylic acids is 1. The summed E-state index contributed by atoms with van der Waals surface area (Å²) in [5.74, 6) is 0.844. The first-order valence-electron chi connectivity index (χ1n) is 6.84. The molecular formula is C15H22N2O2. The molecule has 0 heterocycles. The number of ether oxygens (including phenoxy) is 1. The molecule has 104 valence electrons. The van der Waals surface area contributed by atoms with Crippen LogP contribution in [0.2, 0.25) is 0 Å². The predicted molar refractivity (Wildman–Crippen MR) is 75.1 cm³/mol. The number of amides is 1. The highest BCUT2D eigenvalue weighted by molar-refractivity contribution is 5.76. The van der Waals surface area contributed by atoms with E-state index in [1.54, 1.807) is 0 Å². The Hall–Kier alpha value is -1.55. The molecule has 1 aliphatic carbocycles. The number of nitrogens with one attached hydrogen (secondary N) is 1. The van der Waals surface area contributed by atoms with Crippen molar-refractivity contribution in [1.82, 2.24) is 5.32 Å². The third-order valence-electron chi connectivity index (χ3n) is 3.19. The first-order chi connectivity index (χ1) is 9.06. The summed E-state index contributed by atoms with van der Waals surface area (Å²) in [5.41, 5.74) is 8.08. The van der Waals surface area contributed by atoms with Crippen molar-refractivity contribution in [3.63, 3.8) is 0 Å². The van der Waals surface area contributed by atoms with E-state index in [0.717, 1.165) is 29.7 Å². The molecule has 1 atom stereocenters. The van der Waals surface area contributed by atoms with Crippen molar-refractivity contribution in [3.8, 4) is 5.75 Å². The Morgan fingerprint density at radius 1 is 1.53 bits per heavy atom. The number of rotatable bonds is 6. The summed E-state index contributed by atoms with van der Waals surface area (Å²) in [5, 5.41) is 2.94. The van der Waals surface area contributed by atoms with E-state index in [1.807, 2.05) is 32.0 Å². The molecule has 1 fully saturated rings. The maximum Gasteiger partial charge on any atom is 0.223 e. The van der Waals surface area contributed by atoms with Crippen molar-refractivity contribution in [2.75, 3.05) is 6.61 Å². The van der Waals surface area contributed by atoms with Gasteiger partial charge in [-0.15, -0.1) is 0 Å². The maximum atomic E-state index is 11.5. The molecule has 1 aliphatic rings. The van der Waals surface area contributed by atoms with Crippen LogP contribution >= 0.6 is 0 Å². The molecule has 19 heavy (non-hydrogen) atoms. The monoisotopic (exact) mass is 262 g/mol. The van der Waals surface area contributed by atoms with Crippen LogP contribution in [0.15, 0.2) is 18.2 Å². The first-order valence-corrected chi connectivity index (χ1v) is 6.84. The highest BCUT2D eigenvalue weighted by Gasteiger charge is 2.22. The van der Waals surface area contributed by atoms with Crippen LogP contribution in [0.4, 0.5) is 0 Å². The Morgan fingerprint density at radius 3 is 2.89 bits per heavy atom. The minimum atomic E-state index is -0.0739. The van der Waals surface area contributed by atoms with Gasteiger partial charge in [0.2, 0.25) is 5.91 Å². The molecule has 0 aliphatic heterocycles. The largest absolute Gasteiger partial charge is 0.493 e. The van der Waals surface area contributed by atoms with Gasteiger partial charge in [-0.3, -0.25) is 4.79 Å². The predicted octanol–water partition coefficient (Wildman–Crippen LogP) is 2.06. The smallest absolute Gasteiger partial charge is 0.223 e. The lowest BCUT2D eigenvalue weighted by Gasteiger charge is -2.14. The van der Waals surface area contributed by atoms with Crippen LogP contribution in [0, 0.1) is 6.92 Å². The second-order valence-electron chi connectivity index (χ2n) is 5.27. The van der Waals surface area contributed by atoms with Crippen molar-refractivity contribution in [2.24, 2.45) is 5.73 Å². The van der Waals surface area contributed by atoms with Crippen molar-refractivity contribution in [1.29, 1.82) is 0 Å². The molecule has 1 saturated carbocycles. The second kappa shape index (κ2) is 6.06. The summed E-state index contributed by atoms with van der Waals surface area (Å²) in [7, 11) is 0. The fourth-order valence-corrected chi connectivity index (χ4v) is 1.94. The Bertz CT molecular complexity index is 453. The zero-order chi connectivity index (χ0) is 13.8. The maximum absolute atomic E-state index is 11.5. The SMILES string of the molecule is Cc1ccc(OCCC(=O)NC2CC2)c(C(C)N)c1. The van der Waals surface area contributed by atoms with Crippen molar-refractivity contribution >= 4 is 5.91 Å². The molecule has 1 aromatic rings. The van der Waals surface area contributed by atoms with Gasteiger partial charge >= 0.3 is 0 Å².